The van der Waals surface area contributed by atoms with Crippen molar-refractivity contribution in [2.75, 3.05) is 0 Å². The number of allylic oxidation sites excluding steroid dienone is 2. The summed E-state index contributed by atoms with van der Waals surface area (Å²) in [6.07, 6.45) is 24.7. The second-order valence-corrected chi connectivity index (χ2v) is 15.0. The molecule has 0 aromatic heterocycles. The highest BCUT2D eigenvalue weighted by Crippen LogP contribution is 2.48. The summed E-state index contributed by atoms with van der Waals surface area (Å²) in [5.74, 6) is 4.28. The molecule has 0 unspecified atom stereocenters. The Morgan fingerprint density at radius 3 is 1.47 bits per heavy atom. The van der Waals surface area contributed by atoms with Crippen molar-refractivity contribution < 1.29 is 8.78 Å². The van der Waals surface area contributed by atoms with Gasteiger partial charge in [0, 0.05) is 0 Å². The van der Waals surface area contributed by atoms with E-state index in [-0.39, 0.29) is 0 Å². The molecule has 0 saturated heterocycles. The molecule has 0 nitrogen and oxygen atoms in total. The van der Waals surface area contributed by atoms with Crippen molar-refractivity contribution >= 4 is 0 Å². The van der Waals surface area contributed by atoms with Crippen molar-refractivity contribution in [3.63, 3.8) is 0 Å². The average molecular weight is 585 g/mol. The Labute approximate surface area is 260 Å². The number of halogens is 2. The monoisotopic (exact) mass is 584 g/mol. The molecular weight excluding hydrogens is 530 g/mol. The molecule has 4 aliphatic rings. The van der Waals surface area contributed by atoms with E-state index in [0.29, 0.717) is 17.8 Å². The van der Waals surface area contributed by atoms with Crippen LogP contribution in [0.25, 0.3) is 11.1 Å². The number of benzene rings is 2. The van der Waals surface area contributed by atoms with Gasteiger partial charge in [0.25, 0.3) is 0 Å². The Bertz CT molecular complexity index is 1240. The van der Waals surface area contributed by atoms with Crippen LogP contribution in [0.1, 0.15) is 131 Å². The van der Waals surface area contributed by atoms with Crippen LogP contribution >= 0.6 is 0 Å². The minimum absolute atomic E-state index is 0.306. The third-order valence-electron chi connectivity index (χ3n) is 12.7. The van der Waals surface area contributed by atoms with Crippen molar-refractivity contribution in [2.24, 2.45) is 35.5 Å². The van der Waals surface area contributed by atoms with Crippen LogP contribution in [0.3, 0.4) is 0 Å². The van der Waals surface area contributed by atoms with Gasteiger partial charge in [-0.1, -0.05) is 30.4 Å². The van der Waals surface area contributed by atoms with E-state index in [0.717, 1.165) is 64.7 Å². The summed E-state index contributed by atoms with van der Waals surface area (Å²) in [6.45, 7) is 10.2. The van der Waals surface area contributed by atoms with E-state index in [1.165, 1.54) is 102 Å². The summed E-state index contributed by atoms with van der Waals surface area (Å²) >= 11 is 0. The van der Waals surface area contributed by atoms with Gasteiger partial charge in [-0.15, -0.1) is 13.2 Å². The fraction of sp³-hybridized carbons (Fsp3) is 0.610. The summed E-state index contributed by atoms with van der Waals surface area (Å²) < 4.78 is 29.6. The zero-order chi connectivity index (χ0) is 29.9. The van der Waals surface area contributed by atoms with Crippen LogP contribution in [-0.2, 0) is 0 Å². The van der Waals surface area contributed by atoms with E-state index in [1.54, 1.807) is 6.07 Å². The van der Waals surface area contributed by atoms with Crippen molar-refractivity contribution in [3.05, 3.63) is 84.0 Å². The molecule has 2 aromatic carbocycles. The number of rotatable bonds is 7. The van der Waals surface area contributed by atoms with E-state index in [4.69, 9.17) is 0 Å². The van der Waals surface area contributed by atoms with Crippen LogP contribution < -0.4 is 0 Å². The second-order valence-electron chi connectivity index (χ2n) is 15.0. The van der Waals surface area contributed by atoms with Gasteiger partial charge in [0.15, 0.2) is 11.6 Å². The van der Waals surface area contributed by atoms with Crippen LogP contribution in [0.4, 0.5) is 8.78 Å². The molecule has 43 heavy (non-hydrogen) atoms. The minimum Gasteiger partial charge on any atom is -0.204 e. The fourth-order valence-corrected chi connectivity index (χ4v) is 9.85. The Morgan fingerprint density at radius 1 is 0.535 bits per heavy atom. The van der Waals surface area contributed by atoms with Gasteiger partial charge in [-0.25, -0.2) is 8.78 Å². The van der Waals surface area contributed by atoms with Gasteiger partial charge in [-0.3, -0.25) is 0 Å². The van der Waals surface area contributed by atoms with Gasteiger partial charge in [0.2, 0.25) is 0 Å². The summed E-state index contributed by atoms with van der Waals surface area (Å²) in [4.78, 5) is 0. The number of aryl methyl sites for hydroxylation is 1. The predicted octanol–water partition coefficient (Wildman–Crippen LogP) is 12.5. The molecule has 2 aromatic rings. The number of hydrogen-bond acceptors (Lipinski definition) is 0. The van der Waals surface area contributed by atoms with E-state index >= 15 is 0 Å². The third-order valence-corrected chi connectivity index (χ3v) is 12.7. The SMILES string of the molecule is C=CC1CCC(C2CCC(c3ccc(C)c(-c4cc(F)c(F)cc4C4CCC(C5CCC(C=C)CC5)CC4)c3)CC2)CC1. The molecule has 6 rings (SSSR count). The van der Waals surface area contributed by atoms with Gasteiger partial charge in [-0.05, 0) is 197 Å². The van der Waals surface area contributed by atoms with Gasteiger partial charge in [0.05, 0.1) is 0 Å². The highest BCUT2D eigenvalue weighted by atomic mass is 19.2. The van der Waals surface area contributed by atoms with Gasteiger partial charge < -0.3 is 0 Å². The Hall–Kier alpha value is -2.22. The molecule has 0 spiro atoms. The second kappa shape index (κ2) is 13.8. The summed E-state index contributed by atoms with van der Waals surface area (Å²) in [5.41, 5.74) is 5.63. The maximum Gasteiger partial charge on any atom is 0.159 e. The Kier molecular flexibility index (Phi) is 9.90. The van der Waals surface area contributed by atoms with Crippen LogP contribution in [0.2, 0.25) is 0 Å². The lowest BCUT2D eigenvalue weighted by Gasteiger charge is -2.38. The molecule has 232 valence electrons. The maximum atomic E-state index is 14.8. The van der Waals surface area contributed by atoms with Crippen LogP contribution in [0.5, 0.6) is 0 Å². The Morgan fingerprint density at radius 2 is 0.977 bits per heavy atom. The van der Waals surface area contributed by atoms with Crippen molar-refractivity contribution in [3.8, 4) is 11.1 Å². The van der Waals surface area contributed by atoms with Gasteiger partial charge in [-0.2, -0.15) is 0 Å². The predicted molar refractivity (Wildman–Crippen MR) is 177 cm³/mol. The zero-order valence-electron chi connectivity index (χ0n) is 26.6. The molecule has 4 saturated carbocycles. The molecular formula is C41H54F2. The molecule has 4 fully saturated rings. The molecule has 0 atom stereocenters. The normalized spacial score (nSPS) is 33.6. The molecule has 0 bridgehead atoms. The first-order valence-corrected chi connectivity index (χ1v) is 17.8. The van der Waals surface area contributed by atoms with Crippen LogP contribution in [-0.4, -0.2) is 0 Å². The lowest BCUT2D eigenvalue weighted by Crippen LogP contribution is -2.25. The van der Waals surface area contributed by atoms with Crippen molar-refractivity contribution in [2.45, 2.75) is 121 Å². The van der Waals surface area contributed by atoms with Crippen molar-refractivity contribution in [1.82, 2.24) is 0 Å². The quantitative estimate of drug-likeness (QED) is 0.284. The maximum absolute atomic E-state index is 14.8. The molecule has 4 aliphatic carbocycles. The topological polar surface area (TPSA) is 0 Å². The first-order chi connectivity index (χ1) is 20.9. The first kappa shape index (κ1) is 30.8. The van der Waals surface area contributed by atoms with E-state index in [2.05, 4.69) is 50.4 Å². The molecule has 0 N–H and O–H groups in total. The highest BCUT2D eigenvalue weighted by Gasteiger charge is 2.33. The largest absolute Gasteiger partial charge is 0.204 e. The van der Waals surface area contributed by atoms with Gasteiger partial charge >= 0.3 is 0 Å². The summed E-state index contributed by atoms with van der Waals surface area (Å²) in [6, 6.07) is 9.94. The molecule has 2 heteroatoms. The number of hydrogen-bond donors (Lipinski definition) is 0. The third kappa shape index (κ3) is 6.89. The van der Waals surface area contributed by atoms with Crippen molar-refractivity contribution in [1.29, 1.82) is 0 Å². The highest BCUT2D eigenvalue weighted by molar-refractivity contribution is 5.72. The van der Waals surface area contributed by atoms with E-state index in [1.807, 2.05) is 0 Å². The van der Waals surface area contributed by atoms with Gasteiger partial charge in [0.1, 0.15) is 0 Å². The minimum atomic E-state index is -0.720. The van der Waals surface area contributed by atoms with E-state index < -0.39 is 11.6 Å². The molecule has 0 amide bonds. The fourth-order valence-electron chi connectivity index (χ4n) is 9.85. The molecule has 0 heterocycles. The zero-order valence-corrected chi connectivity index (χ0v) is 26.6. The first-order valence-electron chi connectivity index (χ1n) is 17.8. The standard InChI is InChI=1S/C41H54F2/c1-4-28-7-12-30(13-8-28)32-16-18-34(19-17-32)36-11-6-27(3)37(24-36)39-26-41(43)40(42)25-38(39)35-22-20-33(21-23-35)31-14-9-29(5-2)10-15-31/h4-6,11,24-26,28-35H,1-2,7-10,12-23H2,3H3. The van der Waals surface area contributed by atoms with Crippen LogP contribution in [0, 0.1) is 54.1 Å². The average Bonchev–Trinajstić information content (AvgIpc) is 3.06. The summed E-state index contributed by atoms with van der Waals surface area (Å²) in [5, 5.41) is 0. The van der Waals surface area contributed by atoms with E-state index in [9.17, 15) is 8.78 Å². The lowest BCUT2D eigenvalue weighted by atomic mass is 9.67. The summed E-state index contributed by atoms with van der Waals surface area (Å²) in [7, 11) is 0. The molecule has 0 radical (unpaired) electrons. The smallest absolute Gasteiger partial charge is 0.159 e. The lowest BCUT2D eigenvalue weighted by molar-refractivity contribution is 0.171. The molecule has 0 aliphatic heterocycles. The Balaban J connectivity index is 1.15. The van der Waals surface area contributed by atoms with Crippen LogP contribution in [0.15, 0.2) is 55.6 Å².